The van der Waals surface area contributed by atoms with Crippen LogP contribution in [0.2, 0.25) is 0 Å². The van der Waals surface area contributed by atoms with Gasteiger partial charge in [0.15, 0.2) is 0 Å². The van der Waals surface area contributed by atoms with Crippen LogP contribution in [0, 0.1) is 0 Å². The van der Waals surface area contributed by atoms with Crippen molar-refractivity contribution in [2.45, 2.75) is 115 Å². The number of amides is 1. The van der Waals surface area contributed by atoms with E-state index in [4.69, 9.17) is 20.3 Å². The number of carboxylic acid groups (broad SMARTS) is 1. The average molecular weight is 567 g/mol. The Kier molecular flexibility index (Phi) is 13.1. The molecule has 0 spiro atoms. The number of fused-ring (bicyclic) bond motifs is 2. The number of unbranched alkanes of at least 4 members (excludes halogenated alkanes) is 4. The van der Waals surface area contributed by atoms with Crippen molar-refractivity contribution in [1.82, 2.24) is 5.32 Å². The molecule has 2 aliphatic carbocycles. The molecular formula is C33H46N2O6. The molecule has 0 saturated carbocycles. The Hall–Kier alpha value is -3.39. The SMILES string of the molecule is CCCCCC(N)C(=O)OC1Cc2ccccc2C1.CCCCCC(NC(=O)O)C(=O)OC1Cc2ccccc2C1. The Bertz CT molecular complexity index is 1090. The summed E-state index contributed by atoms with van der Waals surface area (Å²) in [6.45, 7) is 4.20. The molecule has 8 heteroatoms. The predicted octanol–water partition coefficient (Wildman–Crippen LogP) is 5.52. The lowest BCUT2D eigenvalue weighted by Crippen LogP contribution is -2.42. The van der Waals surface area contributed by atoms with Gasteiger partial charge in [0, 0.05) is 25.7 Å². The molecule has 0 fully saturated rings. The average Bonchev–Trinajstić information content (AvgIpc) is 3.55. The van der Waals surface area contributed by atoms with Crippen molar-refractivity contribution in [3.8, 4) is 0 Å². The zero-order chi connectivity index (χ0) is 29.6. The number of nitrogens with one attached hydrogen (secondary N) is 1. The Morgan fingerprint density at radius 3 is 1.59 bits per heavy atom. The van der Waals surface area contributed by atoms with Crippen LogP contribution in [0.3, 0.4) is 0 Å². The topological polar surface area (TPSA) is 128 Å². The van der Waals surface area contributed by atoms with E-state index in [9.17, 15) is 14.4 Å². The minimum atomic E-state index is -1.19. The Morgan fingerprint density at radius 2 is 1.17 bits per heavy atom. The normalized spacial score (nSPS) is 15.6. The maximum atomic E-state index is 12.2. The largest absolute Gasteiger partial charge is 0.465 e. The highest BCUT2D eigenvalue weighted by Crippen LogP contribution is 2.25. The summed E-state index contributed by atoms with van der Waals surface area (Å²) in [5.41, 5.74) is 10.9. The number of benzene rings is 2. The summed E-state index contributed by atoms with van der Waals surface area (Å²) < 4.78 is 11.0. The fourth-order valence-corrected chi connectivity index (χ4v) is 5.43. The zero-order valence-corrected chi connectivity index (χ0v) is 24.5. The fraction of sp³-hybridized carbons (Fsp3) is 0.545. The van der Waals surface area contributed by atoms with E-state index in [2.05, 4.69) is 31.3 Å². The van der Waals surface area contributed by atoms with E-state index in [1.807, 2.05) is 36.4 Å². The van der Waals surface area contributed by atoms with Crippen LogP contribution in [0.4, 0.5) is 4.79 Å². The molecule has 0 radical (unpaired) electrons. The number of carbonyl (C=O) groups excluding carboxylic acids is 2. The Morgan fingerprint density at radius 1 is 0.756 bits per heavy atom. The predicted molar refractivity (Wildman–Crippen MR) is 159 cm³/mol. The molecule has 0 bridgehead atoms. The number of hydrogen-bond donors (Lipinski definition) is 3. The first-order valence-electron chi connectivity index (χ1n) is 15.1. The first-order chi connectivity index (χ1) is 19.8. The molecule has 0 aliphatic heterocycles. The van der Waals surface area contributed by atoms with E-state index in [1.165, 1.54) is 22.3 Å². The van der Waals surface area contributed by atoms with Crippen LogP contribution in [-0.4, -0.2) is 47.4 Å². The van der Waals surface area contributed by atoms with Gasteiger partial charge in [0.25, 0.3) is 0 Å². The first-order valence-corrected chi connectivity index (χ1v) is 15.1. The molecule has 2 atom stereocenters. The highest BCUT2D eigenvalue weighted by molar-refractivity contribution is 5.80. The van der Waals surface area contributed by atoms with E-state index < -0.39 is 24.1 Å². The lowest BCUT2D eigenvalue weighted by Gasteiger charge is -2.19. The van der Waals surface area contributed by atoms with Gasteiger partial charge >= 0.3 is 18.0 Å². The highest BCUT2D eigenvalue weighted by Gasteiger charge is 2.29. The molecule has 4 rings (SSSR count). The molecule has 41 heavy (non-hydrogen) atoms. The van der Waals surface area contributed by atoms with E-state index in [0.29, 0.717) is 19.3 Å². The number of ether oxygens (including phenoxy) is 2. The molecule has 1 amide bonds. The van der Waals surface area contributed by atoms with Gasteiger partial charge in [-0.3, -0.25) is 4.79 Å². The van der Waals surface area contributed by atoms with Gasteiger partial charge < -0.3 is 25.6 Å². The molecule has 4 N–H and O–H groups in total. The van der Waals surface area contributed by atoms with Crippen molar-refractivity contribution in [2.24, 2.45) is 5.73 Å². The number of nitrogens with two attached hydrogens (primary N) is 1. The Labute approximate surface area is 244 Å². The van der Waals surface area contributed by atoms with Crippen molar-refractivity contribution >= 4 is 18.0 Å². The third-order valence-electron chi connectivity index (χ3n) is 7.69. The van der Waals surface area contributed by atoms with Gasteiger partial charge in [-0.15, -0.1) is 0 Å². The number of hydrogen-bond acceptors (Lipinski definition) is 6. The summed E-state index contributed by atoms with van der Waals surface area (Å²) >= 11 is 0. The standard InChI is InChI=1S/C17H23NO4.C16H23NO2/c1-2-3-4-9-15(18-17(20)21)16(19)22-14-10-12-7-5-6-8-13(12)11-14;1-2-3-4-9-15(17)16(18)19-14-10-12-7-5-6-8-13(12)11-14/h5-8,14-15,18H,2-4,9-11H2,1H3,(H,20,21);5-8,14-15H,2-4,9-11,17H2,1H3. The lowest BCUT2D eigenvalue weighted by molar-refractivity contribution is -0.151. The molecule has 0 saturated heterocycles. The van der Waals surface area contributed by atoms with Gasteiger partial charge in [-0.25, -0.2) is 9.59 Å². The molecule has 0 heterocycles. The summed E-state index contributed by atoms with van der Waals surface area (Å²) in [5.74, 6) is -0.704. The molecule has 8 nitrogen and oxygen atoms in total. The lowest BCUT2D eigenvalue weighted by atomic mass is 10.1. The van der Waals surface area contributed by atoms with E-state index >= 15 is 0 Å². The second-order valence-electron chi connectivity index (χ2n) is 11.1. The van der Waals surface area contributed by atoms with Crippen molar-refractivity contribution in [3.05, 3.63) is 70.8 Å². The van der Waals surface area contributed by atoms with Gasteiger partial charge in [0.05, 0.1) is 0 Å². The molecule has 2 aromatic rings. The van der Waals surface area contributed by atoms with Gasteiger partial charge in [0.2, 0.25) is 0 Å². The van der Waals surface area contributed by atoms with Crippen molar-refractivity contribution < 1.29 is 29.0 Å². The van der Waals surface area contributed by atoms with Gasteiger partial charge in [0.1, 0.15) is 24.3 Å². The number of carbonyl (C=O) groups is 3. The Balaban J connectivity index is 0.000000228. The fourth-order valence-electron chi connectivity index (χ4n) is 5.43. The minimum absolute atomic E-state index is 0.0258. The van der Waals surface area contributed by atoms with Gasteiger partial charge in [-0.1, -0.05) is 101 Å². The van der Waals surface area contributed by atoms with Crippen LogP contribution in [0.1, 0.15) is 87.5 Å². The van der Waals surface area contributed by atoms with Crippen LogP contribution in [0.15, 0.2) is 48.5 Å². The second-order valence-corrected chi connectivity index (χ2v) is 11.1. The van der Waals surface area contributed by atoms with Crippen LogP contribution < -0.4 is 11.1 Å². The third kappa shape index (κ3) is 10.5. The zero-order valence-electron chi connectivity index (χ0n) is 24.5. The quantitative estimate of drug-likeness (QED) is 0.215. The summed E-state index contributed by atoms with van der Waals surface area (Å²) in [6, 6.07) is 15.1. The molecule has 2 aliphatic rings. The summed E-state index contributed by atoms with van der Waals surface area (Å²) in [5, 5.41) is 11.1. The highest BCUT2D eigenvalue weighted by atomic mass is 16.5. The first kappa shape index (κ1) is 32.1. The smallest absolute Gasteiger partial charge is 0.405 e. The van der Waals surface area contributed by atoms with Crippen LogP contribution in [-0.2, 0) is 44.7 Å². The monoisotopic (exact) mass is 566 g/mol. The van der Waals surface area contributed by atoms with E-state index in [0.717, 1.165) is 57.8 Å². The summed E-state index contributed by atoms with van der Waals surface area (Å²) in [4.78, 5) is 35.0. The molecule has 224 valence electrons. The molecule has 0 aromatic heterocycles. The molecule has 2 unspecified atom stereocenters. The maximum absolute atomic E-state index is 12.2. The summed E-state index contributed by atoms with van der Waals surface area (Å²) in [6.07, 6.45) is 8.93. The van der Waals surface area contributed by atoms with E-state index in [1.54, 1.807) is 0 Å². The number of rotatable bonds is 13. The number of esters is 2. The van der Waals surface area contributed by atoms with Gasteiger partial charge in [-0.05, 0) is 35.1 Å². The molecule has 2 aromatic carbocycles. The third-order valence-corrected chi connectivity index (χ3v) is 7.69. The molecular weight excluding hydrogens is 520 g/mol. The maximum Gasteiger partial charge on any atom is 0.405 e. The van der Waals surface area contributed by atoms with Gasteiger partial charge in [-0.2, -0.15) is 0 Å². The van der Waals surface area contributed by atoms with Crippen LogP contribution >= 0.6 is 0 Å². The summed E-state index contributed by atoms with van der Waals surface area (Å²) in [7, 11) is 0. The van der Waals surface area contributed by atoms with Crippen LogP contribution in [0.5, 0.6) is 0 Å². The van der Waals surface area contributed by atoms with Crippen molar-refractivity contribution in [3.63, 3.8) is 0 Å². The van der Waals surface area contributed by atoms with Crippen molar-refractivity contribution in [2.75, 3.05) is 0 Å². The minimum Gasteiger partial charge on any atom is -0.465 e. The van der Waals surface area contributed by atoms with Crippen molar-refractivity contribution in [1.29, 1.82) is 0 Å². The second kappa shape index (κ2) is 16.8. The van der Waals surface area contributed by atoms with Crippen LogP contribution in [0.25, 0.3) is 0 Å². The van der Waals surface area contributed by atoms with E-state index in [-0.39, 0.29) is 18.2 Å².